The van der Waals surface area contributed by atoms with Crippen LogP contribution in [0.15, 0.2) is 36.5 Å². The van der Waals surface area contributed by atoms with Crippen LogP contribution in [0.2, 0.25) is 0 Å². The maximum absolute atomic E-state index is 12.3. The minimum absolute atomic E-state index is 0.0875. The number of aromatic nitrogens is 1. The van der Waals surface area contributed by atoms with Crippen LogP contribution in [-0.2, 0) is 17.6 Å². The number of nitrogens with one attached hydrogen (secondary N) is 2. The molecule has 0 saturated carbocycles. The SMILES string of the molecule is CCc1cccc(CC)c1Nc1ccc(C(=O)NCCN2CCOCC2)cn1. The van der Waals surface area contributed by atoms with Crippen molar-refractivity contribution >= 4 is 17.4 Å². The molecule has 2 aromatic rings. The van der Waals surface area contributed by atoms with Gasteiger partial charge < -0.3 is 15.4 Å². The Balaban J connectivity index is 1.57. The fourth-order valence-corrected chi connectivity index (χ4v) is 3.39. The third-order valence-electron chi connectivity index (χ3n) is 5.09. The summed E-state index contributed by atoms with van der Waals surface area (Å²) < 4.78 is 5.34. The zero-order valence-corrected chi connectivity index (χ0v) is 16.8. The Morgan fingerprint density at radius 2 is 1.82 bits per heavy atom. The number of rotatable bonds is 8. The zero-order valence-electron chi connectivity index (χ0n) is 16.8. The molecule has 0 atom stereocenters. The molecule has 1 fully saturated rings. The molecular formula is C22H30N4O2. The Kier molecular flexibility index (Phi) is 7.39. The maximum atomic E-state index is 12.3. The fraction of sp³-hybridized carbons (Fsp3) is 0.455. The van der Waals surface area contributed by atoms with E-state index in [1.807, 2.05) is 12.1 Å². The van der Waals surface area contributed by atoms with Crippen molar-refractivity contribution in [3.05, 3.63) is 53.2 Å². The highest BCUT2D eigenvalue weighted by Crippen LogP contribution is 2.25. The van der Waals surface area contributed by atoms with Crippen LogP contribution < -0.4 is 10.6 Å². The van der Waals surface area contributed by atoms with E-state index >= 15 is 0 Å². The molecule has 1 aromatic carbocycles. The number of amides is 1. The average Bonchev–Trinajstić information content (AvgIpc) is 2.75. The van der Waals surface area contributed by atoms with Crippen molar-refractivity contribution in [2.75, 3.05) is 44.7 Å². The summed E-state index contributed by atoms with van der Waals surface area (Å²) in [5.41, 5.74) is 4.24. The quantitative estimate of drug-likeness (QED) is 0.735. The Morgan fingerprint density at radius 3 is 2.43 bits per heavy atom. The number of carbonyl (C=O) groups is 1. The smallest absolute Gasteiger partial charge is 0.252 e. The van der Waals surface area contributed by atoms with E-state index in [0.29, 0.717) is 12.1 Å². The molecule has 28 heavy (non-hydrogen) atoms. The molecule has 0 aliphatic carbocycles. The van der Waals surface area contributed by atoms with Gasteiger partial charge in [-0.1, -0.05) is 32.0 Å². The first kappa shape index (κ1) is 20.3. The molecule has 150 valence electrons. The molecule has 0 spiro atoms. The van der Waals surface area contributed by atoms with Gasteiger partial charge in [0.25, 0.3) is 5.91 Å². The van der Waals surface area contributed by atoms with Crippen molar-refractivity contribution in [3.63, 3.8) is 0 Å². The molecule has 6 nitrogen and oxygen atoms in total. The predicted octanol–water partition coefficient (Wildman–Crippen LogP) is 3.01. The molecule has 1 aliphatic heterocycles. The van der Waals surface area contributed by atoms with Crippen molar-refractivity contribution in [3.8, 4) is 0 Å². The van der Waals surface area contributed by atoms with Crippen LogP contribution in [0.25, 0.3) is 0 Å². The summed E-state index contributed by atoms with van der Waals surface area (Å²) in [6.07, 6.45) is 3.55. The van der Waals surface area contributed by atoms with Crippen LogP contribution in [0, 0.1) is 0 Å². The Morgan fingerprint density at radius 1 is 1.11 bits per heavy atom. The van der Waals surface area contributed by atoms with Gasteiger partial charge in [0.2, 0.25) is 0 Å². The highest BCUT2D eigenvalue weighted by Gasteiger charge is 2.12. The van der Waals surface area contributed by atoms with Gasteiger partial charge in [0.15, 0.2) is 0 Å². The molecule has 6 heteroatoms. The van der Waals surface area contributed by atoms with Gasteiger partial charge in [-0.15, -0.1) is 0 Å². The van der Waals surface area contributed by atoms with Crippen LogP contribution in [0.4, 0.5) is 11.5 Å². The number of pyridine rings is 1. The number of nitrogens with zero attached hydrogens (tertiary/aromatic N) is 2. The lowest BCUT2D eigenvalue weighted by Gasteiger charge is -2.26. The van der Waals surface area contributed by atoms with E-state index < -0.39 is 0 Å². The Labute approximate surface area is 167 Å². The van der Waals surface area contributed by atoms with Crippen molar-refractivity contribution < 1.29 is 9.53 Å². The van der Waals surface area contributed by atoms with Crippen LogP contribution >= 0.6 is 0 Å². The topological polar surface area (TPSA) is 66.5 Å². The van der Waals surface area contributed by atoms with Crippen molar-refractivity contribution in [1.82, 2.24) is 15.2 Å². The van der Waals surface area contributed by atoms with Crippen LogP contribution in [0.5, 0.6) is 0 Å². The van der Waals surface area contributed by atoms with Crippen molar-refractivity contribution in [2.24, 2.45) is 0 Å². The van der Waals surface area contributed by atoms with E-state index in [2.05, 4.69) is 52.6 Å². The molecule has 1 aromatic heterocycles. The lowest BCUT2D eigenvalue weighted by atomic mass is 10.0. The summed E-state index contributed by atoms with van der Waals surface area (Å²) in [5, 5.41) is 6.40. The maximum Gasteiger partial charge on any atom is 0.252 e. The van der Waals surface area contributed by atoms with Gasteiger partial charge in [-0.2, -0.15) is 0 Å². The first-order valence-electron chi connectivity index (χ1n) is 10.1. The molecule has 1 amide bonds. The predicted molar refractivity (Wildman–Crippen MR) is 112 cm³/mol. The minimum atomic E-state index is -0.0875. The third-order valence-corrected chi connectivity index (χ3v) is 5.09. The molecule has 1 aliphatic rings. The van der Waals surface area contributed by atoms with Gasteiger partial charge in [0.05, 0.1) is 18.8 Å². The van der Waals surface area contributed by atoms with Gasteiger partial charge in [0, 0.05) is 38.1 Å². The lowest BCUT2D eigenvalue weighted by Crippen LogP contribution is -2.41. The highest BCUT2D eigenvalue weighted by atomic mass is 16.5. The van der Waals surface area contributed by atoms with Crippen molar-refractivity contribution in [1.29, 1.82) is 0 Å². The summed E-state index contributed by atoms with van der Waals surface area (Å²) in [6.45, 7) is 9.17. The Hall–Kier alpha value is -2.44. The number of benzene rings is 1. The Bertz CT molecular complexity index is 748. The second kappa shape index (κ2) is 10.2. The molecule has 0 bridgehead atoms. The van der Waals surface area contributed by atoms with E-state index in [4.69, 9.17) is 4.74 Å². The number of hydrogen-bond acceptors (Lipinski definition) is 5. The summed E-state index contributed by atoms with van der Waals surface area (Å²) >= 11 is 0. The number of hydrogen-bond donors (Lipinski definition) is 2. The standard InChI is InChI=1S/C22H30N4O2/c1-3-17-6-5-7-18(4-2)21(17)25-20-9-8-19(16-24-20)22(27)23-10-11-26-12-14-28-15-13-26/h5-9,16H,3-4,10-15H2,1-2H3,(H,23,27)(H,24,25). The molecule has 2 heterocycles. The summed E-state index contributed by atoms with van der Waals surface area (Å²) in [5.74, 6) is 0.663. The van der Waals surface area contributed by atoms with Crippen LogP contribution in [0.3, 0.4) is 0 Å². The monoisotopic (exact) mass is 382 g/mol. The number of carbonyl (C=O) groups excluding carboxylic acids is 1. The van der Waals surface area contributed by atoms with E-state index in [0.717, 1.165) is 57.2 Å². The summed E-state index contributed by atoms with van der Waals surface area (Å²) in [6, 6.07) is 10.1. The second-order valence-corrected chi connectivity index (χ2v) is 6.93. The number of para-hydroxylation sites is 1. The van der Waals surface area contributed by atoms with Crippen LogP contribution in [-0.4, -0.2) is 55.2 Å². The summed E-state index contributed by atoms with van der Waals surface area (Å²) in [7, 11) is 0. The highest BCUT2D eigenvalue weighted by molar-refractivity contribution is 5.94. The van der Waals surface area contributed by atoms with Gasteiger partial charge in [0.1, 0.15) is 5.82 Å². The van der Waals surface area contributed by atoms with Gasteiger partial charge >= 0.3 is 0 Å². The van der Waals surface area contributed by atoms with Gasteiger partial charge in [-0.25, -0.2) is 4.98 Å². The normalized spacial score (nSPS) is 14.6. The van der Waals surface area contributed by atoms with Crippen LogP contribution in [0.1, 0.15) is 35.3 Å². The lowest BCUT2D eigenvalue weighted by molar-refractivity contribution is 0.0383. The minimum Gasteiger partial charge on any atom is -0.379 e. The first-order valence-corrected chi connectivity index (χ1v) is 10.1. The molecule has 0 unspecified atom stereocenters. The van der Waals surface area contributed by atoms with E-state index in [-0.39, 0.29) is 5.91 Å². The molecule has 2 N–H and O–H groups in total. The zero-order chi connectivity index (χ0) is 19.8. The first-order chi connectivity index (χ1) is 13.7. The number of ether oxygens (including phenoxy) is 1. The van der Waals surface area contributed by atoms with E-state index in [9.17, 15) is 4.79 Å². The molecular weight excluding hydrogens is 352 g/mol. The summed E-state index contributed by atoms with van der Waals surface area (Å²) in [4.78, 5) is 19.1. The molecule has 1 saturated heterocycles. The molecule has 3 rings (SSSR count). The van der Waals surface area contributed by atoms with Crippen molar-refractivity contribution in [2.45, 2.75) is 26.7 Å². The molecule has 0 radical (unpaired) electrons. The van der Waals surface area contributed by atoms with Gasteiger partial charge in [-0.3, -0.25) is 9.69 Å². The van der Waals surface area contributed by atoms with Gasteiger partial charge in [-0.05, 0) is 36.1 Å². The largest absolute Gasteiger partial charge is 0.379 e. The average molecular weight is 383 g/mol. The number of aryl methyl sites for hydroxylation is 2. The van der Waals surface area contributed by atoms with E-state index in [1.54, 1.807) is 6.20 Å². The number of anilines is 2. The fourth-order valence-electron chi connectivity index (χ4n) is 3.39. The third kappa shape index (κ3) is 5.30. The van der Waals surface area contributed by atoms with E-state index in [1.165, 1.54) is 11.1 Å². The second-order valence-electron chi connectivity index (χ2n) is 6.93. The number of morpholine rings is 1.